The number of aromatic nitrogens is 2. The molecule has 4 N–H and O–H groups in total. The van der Waals surface area contributed by atoms with Crippen molar-refractivity contribution in [2.45, 2.75) is 65.3 Å². The van der Waals surface area contributed by atoms with Crippen LogP contribution in [0.2, 0.25) is 0 Å². The number of hydrogen-bond acceptors (Lipinski definition) is 3. The highest BCUT2D eigenvalue weighted by Crippen LogP contribution is 2.35. The van der Waals surface area contributed by atoms with Crippen LogP contribution in [-0.2, 0) is 0 Å². The molecule has 0 atom stereocenters. The third kappa shape index (κ3) is 3.14. The molecule has 0 unspecified atom stereocenters. The molecule has 0 bridgehead atoms. The van der Waals surface area contributed by atoms with Crippen molar-refractivity contribution in [1.29, 1.82) is 0 Å². The van der Waals surface area contributed by atoms with Crippen LogP contribution in [-0.4, -0.2) is 22.1 Å². The Labute approximate surface area is 120 Å². The monoisotopic (exact) mass is 278 g/mol. The number of anilines is 1. The SMILES string of the molecule is CC(C)c1[nH]nc(C(=O)NC2CCC(C)(C)CC2)c1N. The summed E-state index contributed by atoms with van der Waals surface area (Å²) in [4.78, 5) is 12.3. The van der Waals surface area contributed by atoms with Crippen LogP contribution in [0.5, 0.6) is 0 Å². The lowest BCUT2D eigenvalue weighted by atomic mass is 9.75. The fourth-order valence-corrected chi connectivity index (χ4v) is 2.77. The lowest BCUT2D eigenvalue weighted by molar-refractivity contribution is 0.0905. The van der Waals surface area contributed by atoms with Crippen LogP contribution in [0.15, 0.2) is 0 Å². The standard InChI is InChI=1S/C15H26N4O/c1-9(2)12-11(16)13(19-18-12)14(20)17-10-5-7-15(3,4)8-6-10/h9-10H,5-8,16H2,1-4H3,(H,17,20)(H,18,19). The summed E-state index contributed by atoms with van der Waals surface area (Å²) in [6.45, 7) is 8.61. The Morgan fingerprint density at radius 1 is 1.40 bits per heavy atom. The van der Waals surface area contributed by atoms with Crippen molar-refractivity contribution in [3.8, 4) is 0 Å². The van der Waals surface area contributed by atoms with Gasteiger partial charge in [0.15, 0.2) is 5.69 Å². The second kappa shape index (κ2) is 5.46. The van der Waals surface area contributed by atoms with E-state index in [1.54, 1.807) is 0 Å². The minimum absolute atomic E-state index is 0.157. The first-order valence-electron chi connectivity index (χ1n) is 7.45. The quantitative estimate of drug-likeness (QED) is 0.795. The number of rotatable bonds is 3. The Bertz CT molecular complexity index is 480. The van der Waals surface area contributed by atoms with E-state index in [9.17, 15) is 4.79 Å². The van der Waals surface area contributed by atoms with E-state index in [0.717, 1.165) is 31.4 Å². The van der Waals surface area contributed by atoms with Gasteiger partial charge in [0.25, 0.3) is 5.91 Å². The van der Waals surface area contributed by atoms with E-state index < -0.39 is 0 Å². The molecule has 5 nitrogen and oxygen atoms in total. The number of nitrogen functional groups attached to an aromatic ring is 1. The molecule has 0 radical (unpaired) electrons. The molecular weight excluding hydrogens is 252 g/mol. The van der Waals surface area contributed by atoms with Gasteiger partial charge in [-0.15, -0.1) is 0 Å². The molecule has 5 heteroatoms. The maximum Gasteiger partial charge on any atom is 0.274 e. The third-order valence-corrected chi connectivity index (χ3v) is 4.30. The Morgan fingerprint density at radius 3 is 2.50 bits per heavy atom. The van der Waals surface area contributed by atoms with Crippen LogP contribution in [0.3, 0.4) is 0 Å². The van der Waals surface area contributed by atoms with E-state index in [1.165, 1.54) is 0 Å². The van der Waals surface area contributed by atoms with Gasteiger partial charge < -0.3 is 11.1 Å². The van der Waals surface area contributed by atoms with E-state index >= 15 is 0 Å². The van der Waals surface area contributed by atoms with Gasteiger partial charge in [-0.1, -0.05) is 27.7 Å². The summed E-state index contributed by atoms with van der Waals surface area (Å²) in [6, 6.07) is 0.245. The van der Waals surface area contributed by atoms with E-state index in [2.05, 4.69) is 29.4 Å². The van der Waals surface area contributed by atoms with Crippen LogP contribution in [0.25, 0.3) is 0 Å². The molecule has 0 saturated heterocycles. The predicted molar refractivity (Wildman–Crippen MR) is 80.6 cm³/mol. The zero-order chi connectivity index (χ0) is 14.9. The number of carbonyl (C=O) groups excluding carboxylic acids is 1. The van der Waals surface area contributed by atoms with Crippen LogP contribution >= 0.6 is 0 Å². The van der Waals surface area contributed by atoms with Crippen molar-refractivity contribution in [2.75, 3.05) is 5.73 Å². The second-order valence-electron chi connectivity index (χ2n) is 6.97. The maximum atomic E-state index is 12.3. The molecule has 20 heavy (non-hydrogen) atoms. The maximum absolute atomic E-state index is 12.3. The molecule has 1 aliphatic rings. The van der Waals surface area contributed by atoms with Crippen LogP contribution < -0.4 is 11.1 Å². The summed E-state index contributed by atoms with van der Waals surface area (Å²) in [5.41, 5.74) is 8.04. The molecule has 0 aliphatic heterocycles. The van der Waals surface area contributed by atoms with Gasteiger partial charge in [-0.2, -0.15) is 5.10 Å². The molecule has 1 aliphatic carbocycles. The zero-order valence-electron chi connectivity index (χ0n) is 12.9. The predicted octanol–water partition coefficient (Wildman–Crippen LogP) is 2.81. The van der Waals surface area contributed by atoms with Crippen LogP contribution in [0, 0.1) is 5.41 Å². The molecule has 1 aromatic rings. The lowest BCUT2D eigenvalue weighted by Gasteiger charge is -2.34. The van der Waals surface area contributed by atoms with E-state index in [1.807, 2.05) is 13.8 Å². The summed E-state index contributed by atoms with van der Waals surface area (Å²) in [5.74, 6) is 0.0786. The van der Waals surface area contributed by atoms with Gasteiger partial charge in [0, 0.05) is 6.04 Å². The molecular formula is C15H26N4O. The average molecular weight is 278 g/mol. The molecule has 1 heterocycles. The molecule has 1 amide bonds. The summed E-state index contributed by atoms with van der Waals surface area (Å²) in [5, 5.41) is 10.0. The number of aromatic amines is 1. The van der Waals surface area contributed by atoms with Crippen molar-refractivity contribution < 1.29 is 4.79 Å². The van der Waals surface area contributed by atoms with Gasteiger partial charge in [-0.05, 0) is 37.0 Å². The number of carbonyl (C=O) groups is 1. The Hall–Kier alpha value is -1.52. The van der Waals surface area contributed by atoms with Crippen LogP contribution in [0.1, 0.15) is 75.5 Å². The van der Waals surface area contributed by atoms with Crippen LogP contribution in [0.4, 0.5) is 5.69 Å². The Kier molecular flexibility index (Phi) is 4.06. The molecule has 0 spiro atoms. The summed E-state index contributed by atoms with van der Waals surface area (Å²) in [7, 11) is 0. The summed E-state index contributed by atoms with van der Waals surface area (Å²) in [6.07, 6.45) is 4.34. The van der Waals surface area contributed by atoms with Crippen molar-refractivity contribution in [3.63, 3.8) is 0 Å². The number of nitrogens with two attached hydrogens (primary N) is 1. The van der Waals surface area contributed by atoms with Gasteiger partial charge in [0.2, 0.25) is 0 Å². The van der Waals surface area contributed by atoms with Gasteiger partial charge in [0.05, 0.1) is 11.4 Å². The normalized spacial score (nSPS) is 19.2. The Balaban J connectivity index is 1.99. The highest BCUT2D eigenvalue weighted by Gasteiger charge is 2.29. The number of H-pyrrole nitrogens is 1. The average Bonchev–Trinajstić information content (AvgIpc) is 2.74. The smallest absolute Gasteiger partial charge is 0.274 e. The van der Waals surface area contributed by atoms with Crippen molar-refractivity contribution in [1.82, 2.24) is 15.5 Å². The van der Waals surface area contributed by atoms with Crippen molar-refractivity contribution in [2.24, 2.45) is 5.41 Å². The fourth-order valence-electron chi connectivity index (χ4n) is 2.77. The van der Waals surface area contributed by atoms with Crippen molar-refractivity contribution in [3.05, 3.63) is 11.4 Å². The van der Waals surface area contributed by atoms with Crippen molar-refractivity contribution >= 4 is 11.6 Å². The number of nitrogens with one attached hydrogen (secondary N) is 2. The first kappa shape index (κ1) is 14.9. The molecule has 1 fully saturated rings. The fraction of sp³-hybridized carbons (Fsp3) is 0.733. The molecule has 1 aromatic heterocycles. The summed E-state index contributed by atoms with van der Waals surface area (Å²) < 4.78 is 0. The molecule has 112 valence electrons. The van der Waals surface area contributed by atoms with E-state index in [0.29, 0.717) is 16.8 Å². The molecule has 1 saturated carbocycles. The Morgan fingerprint density at radius 2 is 2.00 bits per heavy atom. The first-order valence-corrected chi connectivity index (χ1v) is 7.45. The number of amides is 1. The summed E-state index contributed by atoms with van der Waals surface area (Å²) >= 11 is 0. The molecule has 2 rings (SSSR count). The largest absolute Gasteiger partial charge is 0.395 e. The number of hydrogen-bond donors (Lipinski definition) is 3. The van der Waals surface area contributed by atoms with Gasteiger partial charge >= 0.3 is 0 Å². The topological polar surface area (TPSA) is 83.8 Å². The van der Waals surface area contributed by atoms with Gasteiger partial charge in [-0.3, -0.25) is 9.89 Å². The van der Waals surface area contributed by atoms with Gasteiger partial charge in [-0.25, -0.2) is 0 Å². The zero-order valence-corrected chi connectivity index (χ0v) is 12.9. The van der Waals surface area contributed by atoms with E-state index in [-0.39, 0.29) is 17.9 Å². The third-order valence-electron chi connectivity index (χ3n) is 4.30. The second-order valence-corrected chi connectivity index (χ2v) is 6.97. The first-order chi connectivity index (χ1) is 9.30. The lowest BCUT2D eigenvalue weighted by Crippen LogP contribution is -2.39. The molecule has 0 aromatic carbocycles. The highest BCUT2D eigenvalue weighted by molar-refractivity contribution is 5.97. The number of nitrogens with zero attached hydrogens (tertiary/aromatic N) is 1. The minimum Gasteiger partial charge on any atom is -0.395 e. The van der Waals surface area contributed by atoms with Gasteiger partial charge in [0.1, 0.15) is 0 Å². The minimum atomic E-state index is -0.157. The highest BCUT2D eigenvalue weighted by atomic mass is 16.2. The van der Waals surface area contributed by atoms with E-state index in [4.69, 9.17) is 5.73 Å².